The first-order chi connectivity index (χ1) is 16.6. The summed E-state index contributed by atoms with van der Waals surface area (Å²) in [7, 11) is 1.44. The summed E-state index contributed by atoms with van der Waals surface area (Å²) >= 11 is 5.92. The van der Waals surface area contributed by atoms with E-state index in [0.29, 0.717) is 27.7 Å². The quantitative estimate of drug-likeness (QED) is 0.275. The first kappa shape index (κ1) is 25.4. The van der Waals surface area contributed by atoms with E-state index in [1.807, 2.05) is 6.92 Å². The van der Waals surface area contributed by atoms with E-state index in [-0.39, 0.29) is 29.6 Å². The van der Waals surface area contributed by atoms with Crippen molar-refractivity contribution >= 4 is 40.5 Å². The van der Waals surface area contributed by atoms with Gasteiger partial charge in [-0.15, -0.1) is 0 Å². The van der Waals surface area contributed by atoms with E-state index in [2.05, 4.69) is 20.9 Å². The number of nitro groups is 1. The Kier molecular flexibility index (Phi) is 7.82. The second kappa shape index (κ2) is 10.8. The Morgan fingerprint density at radius 1 is 1.20 bits per heavy atom. The van der Waals surface area contributed by atoms with Crippen molar-refractivity contribution in [2.45, 2.75) is 20.8 Å². The van der Waals surface area contributed by atoms with Crippen LogP contribution in [0.4, 0.5) is 11.4 Å². The number of hydrogen-bond donors (Lipinski definition) is 2. The average molecular weight is 499 g/mol. The highest BCUT2D eigenvalue weighted by Gasteiger charge is 2.29. The van der Waals surface area contributed by atoms with E-state index >= 15 is 0 Å². The van der Waals surface area contributed by atoms with Gasteiger partial charge in [0.1, 0.15) is 11.4 Å². The molecule has 0 spiro atoms. The fourth-order valence-corrected chi connectivity index (χ4v) is 3.51. The van der Waals surface area contributed by atoms with Crippen LogP contribution in [-0.4, -0.2) is 38.8 Å². The van der Waals surface area contributed by atoms with Gasteiger partial charge in [0.2, 0.25) is 5.69 Å². The van der Waals surface area contributed by atoms with Gasteiger partial charge >= 0.3 is 5.69 Å². The number of halogens is 1. The topological polar surface area (TPSA) is 141 Å². The van der Waals surface area contributed by atoms with Crippen LogP contribution in [0.5, 0.6) is 5.75 Å². The summed E-state index contributed by atoms with van der Waals surface area (Å²) in [5.41, 5.74) is 4.40. The Labute approximate surface area is 205 Å². The Hall–Kier alpha value is -4.25. The number of rotatable bonds is 8. The van der Waals surface area contributed by atoms with E-state index in [1.165, 1.54) is 14.0 Å². The van der Waals surface area contributed by atoms with Crippen molar-refractivity contribution in [3.8, 4) is 5.75 Å². The molecule has 1 aromatic heterocycles. The van der Waals surface area contributed by atoms with Gasteiger partial charge in [-0.05, 0) is 62.2 Å². The van der Waals surface area contributed by atoms with E-state index < -0.39 is 10.8 Å². The number of ether oxygens (including phenoxy) is 1. The first-order valence-corrected chi connectivity index (χ1v) is 10.8. The van der Waals surface area contributed by atoms with Crippen LogP contribution >= 0.6 is 11.6 Å². The van der Waals surface area contributed by atoms with Crippen molar-refractivity contribution in [3.05, 3.63) is 80.1 Å². The zero-order chi connectivity index (χ0) is 25.7. The van der Waals surface area contributed by atoms with Crippen molar-refractivity contribution in [2.24, 2.45) is 12.1 Å². The smallest absolute Gasteiger partial charge is 0.322 e. The highest BCUT2D eigenvalue weighted by molar-refractivity contribution is 6.30. The predicted octanol–water partition coefficient (Wildman–Crippen LogP) is 3.77. The van der Waals surface area contributed by atoms with Crippen LogP contribution in [0.25, 0.3) is 0 Å². The molecule has 2 N–H and O–H groups in total. The lowest BCUT2D eigenvalue weighted by Gasteiger charge is -2.10. The van der Waals surface area contributed by atoms with E-state index in [9.17, 15) is 19.7 Å². The second-order valence-electron chi connectivity index (χ2n) is 7.63. The van der Waals surface area contributed by atoms with Crippen LogP contribution in [0.3, 0.4) is 0 Å². The molecule has 0 unspecified atom stereocenters. The summed E-state index contributed by atoms with van der Waals surface area (Å²) < 4.78 is 6.68. The normalized spacial score (nSPS) is 11.2. The van der Waals surface area contributed by atoms with Gasteiger partial charge in [-0.1, -0.05) is 23.7 Å². The maximum atomic E-state index is 12.5. The summed E-state index contributed by atoms with van der Waals surface area (Å²) in [6.07, 6.45) is 0. The molecule has 35 heavy (non-hydrogen) atoms. The standard InChI is InChI=1S/C23H23ClN6O5/c1-13-11-17(24)7-10-19(13)35-12-20(31)25-18-8-5-16(6-9-18)14(2)26-27-23(32)22-21(30(33)34)15(3)28-29(22)4/h5-11H,12H2,1-4H3,(H,25,31)(H,27,32)/b26-14-. The van der Waals surface area contributed by atoms with Gasteiger partial charge in [-0.25, -0.2) is 5.43 Å². The van der Waals surface area contributed by atoms with Crippen LogP contribution in [0.2, 0.25) is 5.02 Å². The Morgan fingerprint density at radius 3 is 2.51 bits per heavy atom. The highest BCUT2D eigenvalue weighted by atomic mass is 35.5. The third-order valence-corrected chi connectivity index (χ3v) is 5.23. The van der Waals surface area contributed by atoms with Gasteiger partial charge < -0.3 is 10.1 Å². The number of aryl methyl sites for hydroxylation is 3. The molecule has 0 bridgehead atoms. The number of anilines is 1. The lowest BCUT2D eigenvalue weighted by Crippen LogP contribution is -2.23. The van der Waals surface area contributed by atoms with Gasteiger partial charge in [0.05, 0.1) is 10.6 Å². The first-order valence-electron chi connectivity index (χ1n) is 10.4. The summed E-state index contributed by atoms with van der Waals surface area (Å²) in [6.45, 7) is 4.78. The van der Waals surface area contributed by atoms with Gasteiger partial charge in [-0.2, -0.15) is 10.2 Å². The maximum Gasteiger partial charge on any atom is 0.322 e. The number of aromatic nitrogens is 2. The van der Waals surface area contributed by atoms with E-state index in [4.69, 9.17) is 16.3 Å². The largest absolute Gasteiger partial charge is 0.483 e. The third kappa shape index (κ3) is 6.21. The number of benzene rings is 2. The highest BCUT2D eigenvalue weighted by Crippen LogP contribution is 2.23. The lowest BCUT2D eigenvalue weighted by molar-refractivity contribution is -0.385. The van der Waals surface area contributed by atoms with Crippen LogP contribution < -0.4 is 15.5 Å². The summed E-state index contributed by atoms with van der Waals surface area (Å²) in [4.78, 5) is 35.3. The van der Waals surface area contributed by atoms with Crippen molar-refractivity contribution in [1.82, 2.24) is 15.2 Å². The zero-order valence-corrected chi connectivity index (χ0v) is 20.2. The average Bonchev–Trinajstić information content (AvgIpc) is 3.11. The summed E-state index contributed by atoms with van der Waals surface area (Å²) in [5.74, 6) is -0.517. The molecule has 12 heteroatoms. The molecule has 0 fully saturated rings. The molecule has 0 saturated heterocycles. The van der Waals surface area contributed by atoms with Crippen molar-refractivity contribution in [1.29, 1.82) is 0 Å². The van der Waals surface area contributed by atoms with Gasteiger partial charge in [0.15, 0.2) is 6.61 Å². The Balaban J connectivity index is 1.59. The minimum absolute atomic E-state index is 0.134. The zero-order valence-electron chi connectivity index (χ0n) is 19.5. The third-order valence-electron chi connectivity index (χ3n) is 5.00. The number of amides is 2. The fourth-order valence-electron chi connectivity index (χ4n) is 3.28. The molecule has 2 amide bonds. The number of carbonyl (C=O) groups excluding carboxylic acids is 2. The molecule has 0 aliphatic heterocycles. The molecule has 0 atom stereocenters. The molecule has 0 radical (unpaired) electrons. The number of nitrogens with zero attached hydrogens (tertiary/aromatic N) is 4. The van der Waals surface area contributed by atoms with E-state index in [0.717, 1.165) is 10.2 Å². The lowest BCUT2D eigenvalue weighted by atomic mass is 10.1. The van der Waals surface area contributed by atoms with Gasteiger partial charge in [-0.3, -0.25) is 24.4 Å². The summed E-state index contributed by atoms with van der Waals surface area (Å²) in [6, 6.07) is 11.9. The van der Waals surface area contributed by atoms with Gasteiger partial charge in [0, 0.05) is 17.8 Å². The molecule has 11 nitrogen and oxygen atoms in total. The van der Waals surface area contributed by atoms with Crippen LogP contribution in [0, 0.1) is 24.0 Å². The molecule has 2 aromatic carbocycles. The molecule has 0 aliphatic rings. The Bertz CT molecular complexity index is 1320. The van der Waals surface area contributed by atoms with Crippen molar-refractivity contribution in [3.63, 3.8) is 0 Å². The monoisotopic (exact) mass is 498 g/mol. The summed E-state index contributed by atoms with van der Waals surface area (Å²) in [5, 5.41) is 22.5. The number of carbonyl (C=O) groups is 2. The molecule has 0 aliphatic carbocycles. The van der Waals surface area contributed by atoms with Crippen LogP contribution in [0.15, 0.2) is 47.6 Å². The molecular weight excluding hydrogens is 476 g/mol. The minimum atomic E-state index is -0.751. The molecule has 3 rings (SSSR count). The Morgan fingerprint density at radius 2 is 1.89 bits per heavy atom. The minimum Gasteiger partial charge on any atom is -0.483 e. The van der Waals surface area contributed by atoms with E-state index in [1.54, 1.807) is 49.4 Å². The molecule has 3 aromatic rings. The number of nitrogens with one attached hydrogen (secondary N) is 2. The number of hydrogen-bond acceptors (Lipinski definition) is 7. The molecule has 1 heterocycles. The molecule has 0 saturated carbocycles. The SMILES string of the molecule is C/C(=N/NC(=O)c1c([N+](=O)[O-])c(C)nn1C)c1ccc(NC(=O)COc2ccc(Cl)cc2C)cc1. The predicted molar refractivity (Wildman–Crippen MR) is 131 cm³/mol. The number of hydrazone groups is 1. The van der Waals surface area contributed by atoms with Gasteiger partial charge in [0.25, 0.3) is 11.8 Å². The van der Waals surface area contributed by atoms with Crippen molar-refractivity contribution in [2.75, 3.05) is 11.9 Å². The molecule has 182 valence electrons. The maximum absolute atomic E-state index is 12.5. The van der Waals surface area contributed by atoms with Crippen LogP contribution in [0.1, 0.15) is 34.2 Å². The molecular formula is C23H23ClN6O5. The van der Waals surface area contributed by atoms with Crippen LogP contribution in [-0.2, 0) is 11.8 Å². The second-order valence-corrected chi connectivity index (χ2v) is 8.06. The van der Waals surface area contributed by atoms with Crippen molar-refractivity contribution < 1.29 is 19.2 Å². The fraction of sp³-hybridized carbons (Fsp3) is 0.217.